The van der Waals surface area contributed by atoms with Crippen LogP contribution in [0.15, 0.2) is 18.2 Å². The highest BCUT2D eigenvalue weighted by Gasteiger charge is 2.34. The zero-order valence-electron chi connectivity index (χ0n) is 14.3. The van der Waals surface area contributed by atoms with Crippen molar-refractivity contribution in [2.24, 2.45) is 0 Å². The smallest absolute Gasteiger partial charge is 0.230 e. The number of hydrogen-bond acceptors (Lipinski definition) is 3. The summed E-state index contributed by atoms with van der Waals surface area (Å²) in [7, 11) is 0. The molecule has 0 aromatic carbocycles. The van der Waals surface area contributed by atoms with Crippen molar-refractivity contribution >= 4 is 5.91 Å². The van der Waals surface area contributed by atoms with E-state index in [4.69, 9.17) is 0 Å². The maximum absolute atomic E-state index is 13.1. The molecule has 1 amide bonds. The second kappa shape index (κ2) is 6.14. The van der Waals surface area contributed by atoms with Gasteiger partial charge < -0.3 is 4.90 Å². The first-order valence-corrected chi connectivity index (χ1v) is 8.24. The topological polar surface area (TPSA) is 61.9 Å². The van der Waals surface area contributed by atoms with E-state index in [1.165, 1.54) is 0 Å². The van der Waals surface area contributed by atoms with Gasteiger partial charge in [0.2, 0.25) is 5.91 Å². The predicted molar refractivity (Wildman–Crippen MR) is 89.1 cm³/mol. The van der Waals surface area contributed by atoms with Gasteiger partial charge in [-0.25, -0.2) is 0 Å². The summed E-state index contributed by atoms with van der Waals surface area (Å²) in [5.41, 5.74) is 4.92. The fourth-order valence-corrected chi connectivity index (χ4v) is 3.66. The van der Waals surface area contributed by atoms with Crippen molar-refractivity contribution in [1.82, 2.24) is 20.1 Å². The van der Waals surface area contributed by atoms with E-state index in [0.717, 1.165) is 47.7 Å². The molecular formula is C18H24N4O. The van der Waals surface area contributed by atoms with E-state index in [-0.39, 0.29) is 17.9 Å². The third kappa shape index (κ3) is 2.87. The normalized spacial score (nSPS) is 19.1. The summed E-state index contributed by atoms with van der Waals surface area (Å²) in [5.74, 6) is -0.0115. The lowest BCUT2D eigenvalue weighted by atomic mass is 9.97. The predicted octanol–water partition coefficient (Wildman–Crippen LogP) is 3.20. The van der Waals surface area contributed by atoms with E-state index in [0.29, 0.717) is 0 Å². The Morgan fingerprint density at radius 3 is 2.78 bits per heavy atom. The monoisotopic (exact) mass is 312 g/mol. The standard InChI is InChI=1S/C18H24N4O/c1-11-7-5-8-15(19-11)16-9-6-10-22(16)18(23)12(2)17-13(3)20-21-14(17)4/h5,7-8,12,16H,6,9-10H2,1-4H3,(H,20,21). The number of nitrogens with zero attached hydrogens (tertiary/aromatic N) is 3. The van der Waals surface area contributed by atoms with Crippen LogP contribution in [0, 0.1) is 20.8 Å². The number of amides is 1. The van der Waals surface area contributed by atoms with Crippen LogP contribution in [0.2, 0.25) is 0 Å². The van der Waals surface area contributed by atoms with Crippen molar-refractivity contribution in [1.29, 1.82) is 0 Å². The molecule has 2 aromatic rings. The van der Waals surface area contributed by atoms with Gasteiger partial charge in [-0.2, -0.15) is 5.10 Å². The second-order valence-electron chi connectivity index (χ2n) is 6.46. The van der Waals surface area contributed by atoms with Gasteiger partial charge >= 0.3 is 0 Å². The zero-order chi connectivity index (χ0) is 16.6. The van der Waals surface area contributed by atoms with Crippen LogP contribution >= 0.6 is 0 Å². The highest BCUT2D eigenvalue weighted by Crippen LogP contribution is 2.34. The minimum absolute atomic E-state index is 0.0948. The highest BCUT2D eigenvalue weighted by molar-refractivity contribution is 5.84. The van der Waals surface area contributed by atoms with E-state index in [1.807, 2.05) is 50.8 Å². The maximum atomic E-state index is 13.1. The minimum Gasteiger partial charge on any atom is -0.334 e. The van der Waals surface area contributed by atoms with Gasteiger partial charge in [-0.1, -0.05) is 6.07 Å². The molecule has 1 saturated heterocycles. The molecule has 0 radical (unpaired) electrons. The Morgan fingerprint density at radius 2 is 2.13 bits per heavy atom. The van der Waals surface area contributed by atoms with E-state index in [9.17, 15) is 4.79 Å². The SMILES string of the molecule is Cc1cccc(C2CCCN2C(=O)C(C)c2c(C)n[nH]c2C)n1. The highest BCUT2D eigenvalue weighted by atomic mass is 16.2. The molecule has 0 spiro atoms. The summed E-state index contributed by atoms with van der Waals surface area (Å²) in [6, 6.07) is 6.14. The van der Waals surface area contributed by atoms with Crippen molar-refractivity contribution in [3.63, 3.8) is 0 Å². The van der Waals surface area contributed by atoms with Crippen LogP contribution in [0.25, 0.3) is 0 Å². The van der Waals surface area contributed by atoms with Crippen molar-refractivity contribution in [3.8, 4) is 0 Å². The Balaban J connectivity index is 1.86. The number of rotatable bonds is 3. The number of carbonyl (C=O) groups excluding carboxylic acids is 1. The molecule has 0 aliphatic carbocycles. The van der Waals surface area contributed by atoms with Gasteiger partial charge in [-0.3, -0.25) is 14.9 Å². The lowest BCUT2D eigenvalue weighted by molar-refractivity contribution is -0.133. The van der Waals surface area contributed by atoms with Crippen molar-refractivity contribution in [2.45, 2.75) is 52.5 Å². The van der Waals surface area contributed by atoms with Gasteiger partial charge in [-0.15, -0.1) is 0 Å². The largest absolute Gasteiger partial charge is 0.334 e. The Morgan fingerprint density at radius 1 is 1.35 bits per heavy atom. The van der Waals surface area contributed by atoms with E-state index in [1.54, 1.807) is 0 Å². The number of nitrogens with one attached hydrogen (secondary N) is 1. The quantitative estimate of drug-likeness (QED) is 0.946. The van der Waals surface area contributed by atoms with Crippen LogP contribution in [0.1, 0.15) is 60.1 Å². The van der Waals surface area contributed by atoms with Crippen molar-refractivity contribution in [3.05, 3.63) is 46.5 Å². The molecule has 122 valence electrons. The van der Waals surface area contributed by atoms with Crippen LogP contribution in [0.5, 0.6) is 0 Å². The minimum atomic E-state index is -0.181. The number of H-pyrrole nitrogens is 1. The molecular weight excluding hydrogens is 288 g/mol. The number of pyridine rings is 1. The summed E-state index contributed by atoms with van der Waals surface area (Å²) in [5, 5.41) is 7.21. The van der Waals surface area contributed by atoms with Crippen LogP contribution in [0.3, 0.4) is 0 Å². The Hall–Kier alpha value is -2.17. The summed E-state index contributed by atoms with van der Waals surface area (Å²) in [6.45, 7) is 8.70. The molecule has 1 fully saturated rings. The number of aryl methyl sites for hydroxylation is 3. The summed E-state index contributed by atoms with van der Waals surface area (Å²) in [4.78, 5) is 19.7. The molecule has 3 heterocycles. The van der Waals surface area contributed by atoms with Crippen molar-refractivity contribution in [2.75, 3.05) is 6.54 Å². The zero-order valence-corrected chi connectivity index (χ0v) is 14.3. The maximum Gasteiger partial charge on any atom is 0.230 e. The van der Waals surface area contributed by atoms with Gasteiger partial charge in [0, 0.05) is 23.5 Å². The molecule has 0 bridgehead atoms. The molecule has 2 unspecified atom stereocenters. The Bertz CT molecular complexity index is 702. The summed E-state index contributed by atoms with van der Waals surface area (Å²) < 4.78 is 0. The molecule has 23 heavy (non-hydrogen) atoms. The van der Waals surface area contributed by atoms with E-state index < -0.39 is 0 Å². The average molecular weight is 312 g/mol. The lowest BCUT2D eigenvalue weighted by Gasteiger charge is -2.27. The number of aromatic nitrogens is 3. The fourth-order valence-electron chi connectivity index (χ4n) is 3.66. The van der Waals surface area contributed by atoms with Gasteiger partial charge in [0.25, 0.3) is 0 Å². The second-order valence-corrected chi connectivity index (χ2v) is 6.46. The van der Waals surface area contributed by atoms with Gasteiger partial charge in [-0.05, 0) is 52.7 Å². The molecule has 0 saturated carbocycles. The van der Waals surface area contributed by atoms with Crippen molar-refractivity contribution < 1.29 is 4.79 Å². The molecule has 1 aliphatic rings. The molecule has 2 atom stereocenters. The van der Waals surface area contributed by atoms with Crippen LogP contribution < -0.4 is 0 Å². The number of likely N-dealkylation sites (tertiary alicyclic amines) is 1. The third-order valence-electron chi connectivity index (χ3n) is 4.78. The van der Waals surface area contributed by atoms with E-state index in [2.05, 4.69) is 15.2 Å². The first-order valence-electron chi connectivity index (χ1n) is 8.24. The number of carbonyl (C=O) groups is 1. The summed E-state index contributed by atoms with van der Waals surface area (Å²) in [6.07, 6.45) is 2.01. The molecule has 1 aliphatic heterocycles. The molecule has 2 aromatic heterocycles. The molecule has 1 N–H and O–H groups in total. The van der Waals surface area contributed by atoms with Crippen LogP contribution in [0.4, 0.5) is 0 Å². The molecule has 5 nitrogen and oxygen atoms in total. The van der Waals surface area contributed by atoms with Gasteiger partial charge in [0.15, 0.2) is 0 Å². The Kier molecular flexibility index (Phi) is 4.20. The van der Waals surface area contributed by atoms with E-state index >= 15 is 0 Å². The number of aromatic amines is 1. The number of hydrogen-bond donors (Lipinski definition) is 1. The van der Waals surface area contributed by atoms with Crippen LogP contribution in [-0.2, 0) is 4.79 Å². The molecule has 5 heteroatoms. The first-order chi connectivity index (χ1) is 11.0. The third-order valence-corrected chi connectivity index (χ3v) is 4.78. The van der Waals surface area contributed by atoms with Gasteiger partial charge in [0.05, 0.1) is 23.3 Å². The van der Waals surface area contributed by atoms with Gasteiger partial charge in [0.1, 0.15) is 0 Å². The molecule has 3 rings (SSSR count). The Labute approximate surface area is 137 Å². The average Bonchev–Trinajstić information content (AvgIpc) is 3.13. The lowest BCUT2D eigenvalue weighted by Crippen LogP contribution is -2.34. The van der Waals surface area contributed by atoms with Crippen LogP contribution in [-0.4, -0.2) is 32.5 Å². The summed E-state index contributed by atoms with van der Waals surface area (Å²) >= 11 is 0. The fraction of sp³-hybridized carbons (Fsp3) is 0.500. The first kappa shape index (κ1) is 15.7.